The number of aliphatic imine (C=N–C) groups is 1. The third kappa shape index (κ3) is 8.79. The van der Waals surface area contributed by atoms with Crippen LogP contribution in [-0.4, -0.2) is 45.1 Å². The van der Waals surface area contributed by atoms with Crippen LogP contribution in [0.5, 0.6) is 0 Å². The summed E-state index contributed by atoms with van der Waals surface area (Å²) in [6.07, 6.45) is 0. The Kier molecular flexibility index (Phi) is 12.6. The fourth-order valence-electron chi connectivity index (χ4n) is 1.76. The summed E-state index contributed by atoms with van der Waals surface area (Å²) in [5.41, 5.74) is 0.749. The molecule has 0 saturated carbocycles. The second-order valence-corrected chi connectivity index (χ2v) is 5.75. The van der Waals surface area contributed by atoms with Gasteiger partial charge in [-0.15, -0.1) is 24.0 Å². The summed E-state index contributed by atoms with van der Waals surface area (Å²) in [6.45, 7) is 3.44. The van der Waals surface area contributed by atoms with Gasteiger partial charge in [0.15, 0.2) is 5.96 Å². The van der Waals surface area contributed by atoms with Crippen LogP contribution >= 0.6 is 35.7 Å². The van der Waals surface area contributed by atoms with Crippen molar-refractivity contribution in [3.8, 4) is 0 Å². The van der Waals surface area contributed by atoms with Crippen LogP contribution in [-0.2, 0) is 10.5 Å². The Morgan fingerprint density at radius 3 is 2.77 bits per heavy atom. The van der Waals surface area contributed by atoms with Gasteiger partial charge in [-0.3, -0.25) is 4.99 Å². The predicted octanol–water partition coefficient (Wildman–Crippen LogP) is 2.88. The van der Waals surface area contributed by atoms with Crippen LogP contribution in [0.15, 0.2) is 29.3 Å². The number of nitrogens with zero attached hydrogens (tertiary/aromatic N) is 1. The van der Waals surface area contributed by atoms with E-state index in [-0.39, 0.29) is 35.8 Å². The highest BCUT2D eigenvalue weighted by Crippen LogP contribution is 2.14. The number of benzene rings is 1. The highest BCUT2D eigenvalue weighted by molar-refractivity contribution is 14.0. The molecule has 22 heavy (non-hydrogen) atoms. The number of hydrogen-bond donors (Lipinski definition) is 2. The number of rotatable bonds is 8. The van der Waals surface area contributed by atoms with Crippen LogP contribution in [0.25, 0.3) is 0 Å². The molecular formula is C15H25FIN3OS. The van der Waals surface area contributed by atoms with E-state index in [0.717, 1.165) is 23.8 Å². The van der Waals surface area contributed by atoms with Gasteiger partial charge in [-0.25, -0.2) is 4.39 Å². The van der Waals surface area contributed by atoms with E-state index < -0.39 is 0 Å². The van der Waals surface area contributed by atoms with Crippen LogP contribution in [0, 0.1) is 5.82 Å². The maximum atomic E-state index is 13.4. The fourth-order valence-corrected chi connectivity index (χ4v) is 2.60. The van der Waals surface area contributed by atoms with Crippen LogP contribution in [0.4, 0.5) is 4.39 Å². The number of hydrogen-bond acceptors (Lipinski definition) is 3. The highest BCUT2D eigenvalue weighted by Gasteiger charge is 2.04. The summed E-state index contributed by atoms with van der Waals surface area (Å²) in [4.78, 5) is 4.15. The van der Waals surface area contributed by atoms with Gasteiger partial charge in [0.25, 0.3) is 0 Å². The van der Waals surface area contributed by atoms with Crippen molar-refractivity contribution in [2.24, 2.45) is 4.99 Å². The minimum atomic E-state index is -0.135. The fraction of sp³-hybridized carbons (Fsp3) is 0.533. The average Bonchev–Trinajstić information content (AvgIpc) is 2.47. The molecule has 0 aliphatic heterocycles. The molecule has 4 nitrogen and oxygen atoms in total. The summed E-state index contributed by atoms with van der Waals surface area (Å²) < 4.78 is 18.5. The molecule has 1 unspecified atom stereocenters. The first kappa shape index (κ1) is 21.5. The molecule has 126 valence electrons. The van der Waals surface area contributed by atoms with E-state index >= 15 is 0 Å². The minimum absolute atomic E-state index is 0. The first-order valence-corrected chi connectivity index (χ1v) is 8.10. The van der Waals surface area contributed by atoms with E-state index in [2.05, 4.69) is 15.6 Å². The number of ether oxygens (including phenoxy) is 1. The van der Waals surface area contributed by atoms with Crippen LogP contribution in [0.1, 0.15) is 12.5 Å². The smallest absolute Gasteiger partial charge is 0.191 e. The molecule has 1 aromatic carbocycles. The van der Waals surface area contributed by atoms with Crippen molar-refractivity contribution in [2.45, 2.75) is 18.7 Å². The van der Waals surface area contributed by atoms with E-state index in [1.807, 2.05) is 19.1 Å². The molecule has 0 spiro atoms. The molecule has 0 aromatic heterocycles. The molecule has 2 N–H and O–H groups in total. The molecule has 0 radical (unpaired) electrons. The SMILES string of the molecule is CN=C(NCCSCc1ccccc1F)NC(C)COC.I. The van der Waals surface area contributed by atoms with Crippen molar-refractivity contribution in [1.82, 2.24) is 10.6 Å². The molecule has 0 amide bonds. The molecule has 1 aromatic rings. The van der Waals surface area contributed by atoms with Gasteiger partial charge in [0.2, 0.25) is 0 Å². The maximum Gasteiger partial charge on any atom is 0.191 e. The maximum absolute atomic E-state index is 13.4. The summed E-state index contributed by atoms with van der Waals surface area (Å²) in [6, 6.07) is 7.09. The van der Waals surface area contributed by atoms with Gasteiger partial charge in [-0.05, 0) is 18.6 Å². The lowest BCUT2D eigenvalue weighted by Gasteiger charge is -2.17. The summed E-state index contributed by atoms with van der Waals surface area (Å²) >= 11 is 1.69. The predicted molar refractivity (Wildman–Crippen MR) is 104 cm³/mol. The molecule has 1 rings (SSSR count). The normalized spacial score (nSPS) is 12.5. The van der Waals surface area contributed by atoms with Gasteiger partial charge >= 0.3 is 0 Å². The monoisotopic (exact) mass is 441 g/mol. The van der Waals surface area contributed by atoms with Crippen molar-refractivity contribution in [3.05, 3.63) is 35.6 Å². The van der Waals surface area contributed by atoms with E-state index in [4.69, 9.17) is 4.74 Å². The van der Waals surface area contributed by atoms with Crippen LogP contribution in [0.2, 0.25) is 0 Å². The quantitative estimate of drug-likeness (QED) is 0.282. The van der Waals surface area contributed by atoms with Crippen molar-refractivity contribution in [1.29, 1.82) is 0 Å². The van der Waals surface area contributed by atoms with Gasteiger partial charge in [0.05, 0.1) is 6.61 Å². The Balaban J connectivity index is 0.00000441. The highest BCUT2D eigenvalue weighted by atomic mass is 127. The number of thioether (sulfide) groups is 1. The molecule has 0 saturated heterocycles. The molecule has 7 heteroatoms. The zero-order valence-electron chi connectivity index (χ0n) is 13.3. The van der Waals surface area contributed by atoms with E-state index in [9.17, 15) is 4.39 Å². The Labute approximate surface area is 153 Å². The number of methoxy groups -OCH3 is 1. The van der Waals surface area contributed by atoms with Crippen LogP contribution in [0.3, 0.4) is 0 Å². The van der Waals surface area contributed by atoms with Crippen molar-refractivity contribution in [2.75, 3.05) is 33.1 Å². The molecular weight excluding hydrogens is 416 g/mol. The van der Waals surface area contributed by atoms with Gasteiger partial charge in [0.1, 0.15) is 5.82 Å². The van der Waals surface area contributed by atoms with Gasteiger partial charge in [-0.2, -0.15) is 11.8 Å². The second-order valence-electron chi connectivity index (χ2n) is 4.64. The van der Waals surface area contributed by atoms with Crippen molar-refractivity contribution in [3.63, 3.8) is 0 Å². The van der Waals surface area contributed by atoms with Crippen LogP contribution < -0.4 is 10.6 Å². The zero-order chi connectivity index (χ0) is 15.5. The molecule has 0 fully saturated rings. The Morgan fingerprint density at radius 1 is 1.41 bits per heavy atom. The van der Waals surface area contributed by atoms with Gasteiger partial charge in [0, 0.05) is 38.2 Å². The van der Waals surface area contributed by atoms with Crippen molar-refractivity contribution < 1.29 is 9.13 Å². The van der Waals surface area contributed by atoms with Crippen molar-refractivity contribution >= 4 is 41.7 Å². The van der Waals surface area contributed by atoms with Gasteiger partial charge in [-0.1, -0.05) is 18.2 Å². The lowest BCUT2D eigenvalue weighted by molar-refractivity contribution is 0.179. The van der Waals surface area contributed by atoms with Gasteiger partial charge < -0.3 is 15.4 Å². The second kappa shape index (κ2) is 13.0. The van der Waals surface area contributed by atoms with E-state index in [0.29, 0.717) is 12.4 Å². The lowest BCUT2D eigenvalue weighted by Crippen LogP contribution is -2.44. The molecule has 0 heterocycles. The molecule has 0 aliphatic carbocycles. The largest absolute Gasteiger partial charge is 0.383 e. The lowest BCUT2D eigenvalue weighted by atomic mass is 10.2. The first-order valence-electron chi connectivity index (χ1n) is 6.94. The molecule has 0 bridgehead atoms. The standard InChI is InChI=1S/C15H24FN3OS.HI/c1-12(10-20-3)19-15(17-2)18-8-9-21-11-13-6-4-5-7-14(13)16;/h4-7,12H,8-11H2,1-3H3,(H2,17,18,19);1H. The van der Waals surface area contributed by atoms with E-state index in [1.165, 1.54) is 6.07 Å². The minimum Gasteiger partial charge on any atom is -0.383 e. The average molecular weight is 441 g/mol. The zero-order valence-corrected chi connectivity index (χ0v) is 16.4. The third-order valence-electron chi connectivity index (χ3n) is 2.78. The molecule has 0 aliphatic rings. The number of halogens is 2. The Hall–Kier alpha value is -0.540. The molecule has 1 atom stereocenters. The third-order valence-corrected chi connectivity index (χ3v) is 3.79. The Bertz CT molecular complexity index is 449. The number of nitrogens with one attached hydrogen (secondary N) is 2. The summed E-state index contributed by atoms with van der Waals surface area (Å²) in [5.74, 6) is 2.18. The Morgan fingerprint density at radius 2 is 2.14 bits per heavy atom. The number of guanidine groups is 1. The summed E-state index contributed by atoms with van der Waals surface area (Å²) in [5, 5.41) is 6.46. The first-order chi connectivity index (χ1) is 10.2. The topological polar surface area (TPSA) is 45.7 Å². The summed E-state index contributed by atoms with van der Waals surface area (Å²) in [7, 11) is 3.41. The van der Waals surface area contributed by atoms with E-state index in [1.54, 1.807) is 32.0 Å².